The van der Waals surface area contributed by atoms with E-state index in [2.05, 4.69) is 47.3 Å². The van der Waals surface area contributed by atoms with E-state index in [1.165, 1.54) is 5.56 Å². The van der Waals surface area contributed by atoms with E-state index in [0.717, 1.165) is 24.2 Å². The molecule has 0 amide bonds. The summed E-state index contributed by atoms with van der Waals surface area (Å²) in [6.45, 7) is 7.08. The molecule has 0 aliphatic rings. The van der Waals surface area contributed by atoms with Gasteiger partial charge in [0.2, 0.25) is 17.5 Å². The zero-order valence-electron chi connectivity index (χ0n) is 20.4. The molecule has 6 nitrogen and oxygen atoms in total. The van der Waals surface area contributed by atoms with Gasteiger partial charge in [0.05, 0.1) is 6.04 Å². The van der Waals surface area contributed by atoms with E-state index in [1.807, 2.05) is 66.7 Å². The molecule has 0 unspecified atom stereocenters. The molecule has 1 atom stereocenters. The number of benzene rings is 3. The molecule has 0 saturated carbocycles. The van der Waals surface area contributed by atoms with Crippen LogP contribution < -0.4 is 10.1 Å². The van der Waals surface area contributed by atoms with Crippen LogP contribution in [-0.4, -0.2) is 29.5 Å². The van der Waals surface area contributed by atoms with Gasteiger partial charge in [-0.3, -0.25) is 4.90 Å². The third kappa shape index (κ3) is 6.06. The molecule has 4 rings (SSSR count). The number of anilines is 1. The average molecular weight is 501 g/mol. The largest absolute Gasteiger partial charge is 0.489 e. The molecule has 1 N–H and O–H groups in total. The minimum absolute atomic E-state index is 0.135. The van der Waals surface area contributed by atoms with Crippen molar-refractivity contribution in [3.05, 3.63) is 101 Å². The number of nitrogens with zero attached hydrogens (tertiary/aromatic N) is 3. The number of ether oxygens (including phenoxy) is 1. The summed E-state index contributed by atoms with van der Waals surface area (Å²) in [5, 5.41) is 13.7. The van der Waals surface area contributed by atoms with Crippen molar-refractivity contribution in [3.63, 3.8) is 0 Å². The van der Waals surface area contributed by atoms with Crippen molar-refractivity contribution in [1.29, 1.82) is 5.26 Å². The number of oxazole rings is 1. The molecule has 0 aliphatic carbocycles. The molecule has 0 spiro atoms. The number of rotatable bonds is 11. The van der Waals surface area contributed by atoms with Crippen molar-refractivity contribution in [1.82, 2.24) is 9.88 Å². The standard InChI is InChI=1S/C29H29ClN4O2/c1-3-34(4-2)27(21-10-6-5-7-11-21)19-32-29-26(18-31)33-28(36-29)22-14-16-24(17-15-22)35-20-23-12-8-9-13-25(23)30/h5-17,27,32H,3-4,19-20H2,1-2H3/t27-/m1/s1. The molecule has 1 heterocycles. The van der Waals surface area contributed by atoms with E-state index in [9.17, 15) is 5.26 Å². The van der Waals surface area contributed by atoms with E-state index < -0.39 is 0 Å². The third-order valence-corrected chi connectivity index (χ3v) is 6.45. The molecule has 4 aromatic rings. The fraction of sp³-hybridized carbons (Fsp3) is 0.241. The van der Waals surface area contributed by atoms with Crippen LogP contribution in [0.4, 0.5) is 5.88 Å². The second kappa shape index (κ2) is 12.3. The lowest BCUT2D eigenvalue weighted by Gasteiger charge is -2.30. The summed E-state index contributed by atoms with van der Waals surface area (Å²) >= 11 is 6.20. The van der Waals surface area contributed by atoms with E-state index in [4.69, 9.17) is 20.8 Å². The summed E-state index contributed by atoms with van der Waals surface area (Å²) in [4.78, 5) is 6.78. The zero-order chi connectivity index (χ0) is 25.3. The lowest BCUT2D eigenvalue weighted by atomic mass is 10.1. The van der Waals surface area contributed by atoms with Crippen LogP contribution in [-0.2, 0) is 6.61 Å². The highest BCUT2D eigenvalue weighted by Gasteiger charge is 2.20. The first-order valence-electron chi connectivity index (χ1n) is 12.0. The van der Waals surface area contributed by atoms with Crippen molar-refractivity contribution < 1.29 is 9.15 Å². The van der Waals surface area contributed by atoms with Crippen molar-refractivity contribution in [2.45, 2.75) is 26.5 Å². The summed E-state index contributed by atoms with van der Waals surface area (Å²) in [5.74, 6) is 1.46. The summed E-state index contributed by atoms with van der Waals surface area (Å²) in [5.41, 5.74) is 3.12. The number of aromatic nitrogens is 1. The number of hydrogen-bond donors (Lipinski definition) is 1. The molecule has 0 radical (unpaired) electrons. The molecule has 0 fully saturated rings. The van der Waals surface area contributed by atoms with Gasteiger partial charge in [0.25, 0.3) is 0 Å². The number of hydrogen-bond acceptors (Lipinski definition) is 6. The summed E-state index contributed by atoms with van der Waals surface area (Å²) < 4.78 is 11.8. The Balaban J connectivity index is 1.46. The van der Waals surface area contributed by atoms with Gasteiger partial charge < -0.3 is 14.5 Å². The fourth-order valence-electron chi connectivity index (χ4n) is 4.10. The van der Waals surface area contributed by atoms with Crippen LogP contribution in [0.15, 0.2) is 83.3 Å². The van der Waals surface area contributed by atoms with Crippen molar-refractivity contribution in [2.75, 3.05) is 25.0 Å². The Labute approximate surface area is 217 Å². The number of nitriles is 1. The van der Waals surface area contributed by atoms with Gasteiger partial charge in [0, 0.05) is 22.7 Å². The quantitative estimate of drug-likeness (QED) is 0.240. The first-order chi connectivity index (χ1) is 17.6. The highest BCUT2D eigenvalue weighted by Crippen LogP contribution is 2.29. The highest BCUT2D eigenvalue weighted by atomic mass is 35.5. The second-order valence-electron chi connectivity index (χ2n) is 8.24. The zero-order valence-corrected chi connectivity index (χ0v) is 21.2. The van der Waals surface area contributed by atoms with Crippen LogP contribution in [0.2, 0.25) is 5.02 Å². The topological polar surface area (TPSA) is 74.3 Å². The molecule has 0 aliphatic heterocycles. The Hall–Kier alpha value is -3.79. The first-order valence-corrected chi connectivity index (χ1v) is 12.4. The van der Waals surface area contributed by atoms with Crippen LogP contribution in [0.3, 0.4) is 0 Å². The maximum Gasteiger partial charge on any atom is 0.232 e. The van der Waals surface area contributed by atoms with Gasteiger partial charge in [-0.15, -0.1) is 0 Å². The number of nitrogens with one attached hydrogen (secondary N) is 1. The predicted octanol–water partition coefficient (Wildman–Crippen LogP) is 6.94. The lowest BCUT2D eigenvalue weighted by Crippen LogP contribution is -2.33. The number of likely N-dealkylation sites (N-methyl/N-ethyl adjacent to an activating group) is 1. The van der Waals surface area contributed by atoms with Crippen LogP contribution in [0.5, 0.6) is 5.75 Å². The smallest absolute Gasteiger partial charge is 0.232 e. The second-order valence-corrected chi connectivity index (χ2v) is 8.65. The monoisotopic (exact) mass is 500 g/mol. The van der Waals surface area contributed by atoms with Crippen LogP contribution in [0, 0.1) is 11.3 Å². The predicted molar refractivity (Wildman–Crippen MR) is 143 cm³/mol. The van der Waals surface area contributed by atoms with Crippen molar-refractivity contribution >= 4 is 17.5 Å². The SMILES string of the molecule is CCN(CC)[C@H](CNc1oc(-c2ccc(OCc3ccccc3Cl)cc2)nc1C#N)c1ccccc1. The van der Waals surface area contributed by atoms with Crippen LogP contribution in [0.1, 0.15) is 36.7 Å². The van der Waals surface area contributed by atoms with Gasteiger partial charge in [0.15, 0.2) is 0 Å². The van der Waals surface area contributed by atoms with Gasteiger partial charge in [-0.05, 0) is 49.0 Å². The van der Waals surface area contributed by atoms with Gasteiger partial charge in [-0.25, -0.2) is 0 Å². The Morgan fingerprint density at radius 2 is 1.69 bits per heavy atom. The minimum Gasteiger partial charge on any atom is -0.489 e. The molecular weight excluding hydrogens is 472 g/mol. The average Bonchev–Trinajstić information content (AvgIpc) is 3.34. The van der Waals surface area contributed by atoms with E-state index in [-0.39, 0.29) is 11.7 Å². The molecule has 0 saturated heterocycles. The van der Waals surface area contributed by atoms with Gasteiger partial charge >= 0.3 is 0 Å². The number of halogens is 1. The third-order valence-electron chi connectivity index (χ3n) is 6.08. The fourth-order valence-corrected chi connectivity index (χ4v) is 4.29. The molecule has 0 bridgehead atoms. The van der Waals surface area contributed by atoms with Gasteiger partial charge in [-0.1, -0.05) is 74.0 Å². The Morgan fingerprint density at radius 1 is 1.00 bits per heavy atom. The maximum atomic E-state index is 9.65. The highest BCUT2D eigenvalue weighted by molar-refractivity contribution is 6.31. The summed E-state index contributed by atoms with van der Waals surface area (Å²) in [6, 6.07) is 27.6. The van der Waals surface area contributed by atoms with Crippen molar-refractivity contribution in [2.24, 2.45) is 0 Å². The maximum absolute atomic E-state index is 9.65. The van der Waals surface area contributed by atoms with Gasteiger partial charge in [0.1, 0.15) is 18.4 Å². The molecule has 3 aromatic carbocycles. The molecule has 7 heteroatoms. The van der Waals surface area contributed by atoms with E-state index in [1.54, 1.807) is 0 Å². The minimum atomic E-state index is 0.135. The van der Waals surface area contributed by atoms with Crippen LogP contribution in [0.25, 0.3) is 11.5 Å². The normalized spacial score (nSPS) is 11.8. The summed E-state index contributed by atoms with van der Waals surface area (Å²) in [6.07, 6.45) is 0. The van der Waals surface area contributed by atoms with E-state index in [0.29, 0.717) is 35.7 Å². The Morgan fingerprint density at radius 3 is 2.36 bits per heavy atom. The lowest BCUT2D eigenvalue weighted by molar-refractivity contribution is 0.227. The van der Waals surface area contributed by atoms with Crippen LogP contribution >= 0.6 is 11.6 Å². The van der Waals surface area contributed by atoms with Gasteiger partial charge in [-0.2, -0.15) is 10.2 Å². The Kier molecular flexibility index (Phi) is 8.62. The van der Waals surface area contributed by atoms with E-state index >= 15 is 0 Å². The molecule has 1 aromatic heterocycles. The molecule has 184 valence electrons. The van der Waals surface area contributed by atoms with Crippen molar-refractivity contribution in [3.8, 4) is 23.3 Å². The Bertz CT molecular complexity index is 1300. The summed E-state index contributed by atoms with van der Waals surface area (Å²) in [7, 11) is 0. The molecular formula is C29H29ClN4O2. The first kappa shape index (κ1) is 25.3. The molecule has 36 heavy (non-hydrogen) atoms.